The predicted octanol–water partition coefficient (Wildman–Crippen LogP) is 3.25. The number of aryl methyl sites for hydroxylation is 1. The van der Waals surface area contributed by atoms with Gasteiger partial charge in [-0.3, -0.25) is 15.1 Å². The third kappa shape index (κ3) is 6.99. The number of benzene rings is 1. The maximum atomic E-state index is 12.1. The zero-order chi connectivity index (χ0) is 23.1. The van der Waals surface area contributed by atoms with Gasteiger partial charge in [0.25, 0.3) is 0 Å². The molecule has 7 nitrogen and oxygen atoms in total. The summed E-state index contributed by atoms with van der Waals surface area (Å²) in [4.78, 5) is 18.4. The van der Waals surface area contributed by atoms with E-state index in [1.807, 2.05) is 62.3 Å². The lowest BCUT2D eigenvalue weighted by Crippen LogP contribution is -2.35. The molecule has 0 bridgehead atoms. The first-order valence-electron chi connectivity index (χ1n) is 10.9. The molecular formula is C25H31N5O2. The molecule has 3 N–H and O–H groups in total. The van der Waals surface area contributed by atoms with Crippen LogP contribution in [0, 0.1) is 24.2 Å². The Balaban J connectivity index is 1.67. The van der Waals surface area contributed by atoms with E-state index in [-0.39, 0.29) is 17.5 Å². The van der Waals surface area contributed by atoms with Crippen LogP contribution in [0.4, 0.5) is 5.69 Å². The van der Waals surface area contributed by atoms with Crippen molar-refractivity contribution in [3.8, 4) is 6.07 Å². The highest BCUT2D eigenvalue weighted by Crippen LogP contribution is 2.41. The Labute approximate surface area is 189 Å². The first kappa shape index (κ1) is 23.6. The lowest BCUT2D eigenvalue weighted by molar-refractivity contribution is -0.116. The van der Waals surface area contributed by atoms with Crippen LogP contribution in [0.2, 0.25) is 0 Å². The van der Waals surface area contributed by atoms with Crippen molar-refractivity contribution in [3.05, 3.63) is 65.0 Å². The lowest BCUT2D eigenvalue weighted by Gasteiger charge is -2.23. The number of aromatic nitrogens is 1. The Kier molecular flexibility index (Phi) is 8.12. The van der Waals surface area contributed by atoms with E-state index in [0.717, 1.165) is 29.8 Å². The SMILES string of the molecule is Cc1cccc(/C=C(\C#N)C(O)NC(c2ccc(NC(=O)CCN(C)C)cc2)C2CC2)n1. The number of rotatable bonds is 10. The Morgan fingerprint density at radius 1 is 1.28 bits per heavy atom. The van der Waals surface area contributed by atoms with Crippen LogP contribution in [0.1, 0.15) is 42.3 Å². The van der Waals surface area contributed by atoms with E-state index in [1.165, 1.54) is 0 Å². The average molecular weight is 434 g/mol. The van der Waals surface area contributed by atoms with Gasteiger partial charge >= 0.3 is 0 Å². The number of aliphatic hydroxyl groups excluding tert-OH is 1. The minimum atomic E-state index is -1.10. The van der Waals surface area contributed by atoms with Gasteiger partial charge in [0.05, 0.1) is 17.3 Å². The number of aliphatic hydroxyl groups is 1. The smallest absolute Gasteiger partial charge is 0.225 e. The second-order valence-corrected chi connectivity index (χ2v) is 8.52. The number of nitrogens with zero attached hydrogens (tertiary/aromatic N) is 3. The number of carbonyl (C=O) groups excluding carboxylic acids is 1. The van der Waals surface area contributed by atoms with E-state index in [9.17, 15) is 15.2 Å². The molecule has 2 unspecified atom stereocenters. The minimum absolute atomic E-state index is 0.0210. The molecule has 3 rings (SSSR count). The summed E-state index contributed by atoms with van der Waals surface area (Å²) in [5.74, 6) is 0.384. The van der Waals surface area contributed by atoms with E-state index in [0.29, 0.717) is 24.6 Å². The van der Waals surface area contributed by atoms with Crippen LogP contribution >= 0.6 is 0 Å². The van der Waals surface area contributed by atoms with Gasteiger partial charge in [0.2, 0.25) is 5.91 Å². The predicted molar refractivity (Wildman–Crippen MR) is 125 cm³/mol. The first-order chi connectivity index (χ1) is 15.4. The quantitative estimate of drug-likeness (QED) is 0.393. The van der Waals surface area contributed by atoms with Crippen molar-refractivity contribution in [1.82, 2.24) is 15.2 Å². The normalized spacial score (nSPS) is 15.8. The van der Waals surface area contributed by atoms with Gasteiger partial charge in [0, 0.05) is 30.4 Å². The molecule has 1 saturated carbocycles. The molecule has 0 spiro atoms. The molecule has 1 aliphatic rings. The molecule has 0 radical (unpaired) electrons. The summed E-state index contributed by atoms with van der Waals surface area (Å²) in [5, 5.41) is 26.4. The second-order valence-electron chi connectivity index (χ2n) is 8.52. The maximum absolute atomic E-state index is 12.1. The summed E-state index contributed by atoms with van der Waals surface area (Å²) in [5.41, 5.74) is 3.47. The van der Waals surface area contributed by atoms with E-state index in [2.05, 4.69) is 21.7 Å². The molecule has 1 heterocycles. The van der Waals surface area contributed by atoms with Crippen molar-refractivity contribution < 1.29 is 9.90 Å². The van der Waals surface area contributed by atoms with E-state index in [4.69, 9.17) is 0 Å². The fourth-order valence-corrected chi connectivity index (χ4v) is 3.49. The molecule has 168 valence electrons. The summed E-state index contributed by atoms with van der Waals surface area (Å²) < 4.78 is 0. The molecule has 1 fully saturated rings. The highest BCUT2D eigenvalue weighted by Gasteiger charge is 2.34. The molecule has 1 aromatic heterocycles. The number of nitrogens with one attached hydrogen (secondary N) is 2. The van der Waals surface area contributed by atoms with Gasteiger partial charge in [-0.15, -0.1) is 0 Å². The Bertz CT molecular complexity index is 990. The highest BCUT2D eigenvalue weighted by molar-refractivity contribution is 5.90. The van der Waals surface area contributed by atoms with Gasteiger partial charge < -0.3 is 15.3 Å². The number of anilines is 1. The van der Waals surface area contributed by atoms with Gasteiger partial charge in [-0.05, 0) is 75.7 Å². The number of amides is 1. The van der Waals surface area contributed by atoms with Gasteiger partial charge in [0.1, 0.15) is 6.23 Å². The summed E-state index contributed by atoms with van der Waals surface area (Å²) in [6.45, 7) is 2.58. The van der Waals surface area contributed by atoms with Crippen molar-refractivity contribution in [2.75, 3.05) is 26.0 Å². The topological polar surface area (TPSA) is 101 Å². The number of carbonyl (C=O) groups is 1. The van der Waals surface area contributed by atoms with Crippen molar-refractivity contribution >= 4 is 17.7 Å². The molecule has 0 aliphatic heterocycles. The molecule has 1 aromatic carbocycles. The molecule has 0 saturated heterocycles. The van der Waals surface area contributed by atoms with Crippen LogP contribution in [0.5, 0.6) is 0 Å². The summed E-state index contributed by atoms with van der Waals surface area (Å²) in [6.07, 6.45) is 3.09. The van der Waals surface area contributed by atoms with Crippen molar-refractivity contribution in [2.24, 2.45) is 5.92 Å². The van der Waals surface area contributed by atoms with Gasteiger partial charge in [-0.2, -0.15) is 5.26 Å². The first-order valence-corrected chi connectivity index (χ1v) is 10.9. The Morgan fingerprint density at radius 3 is 2.59 bits per heavy atom. The molecule has 2 atom stereocenters. The number of hydrogen-bond donors (Lipinski definition) is 3. The number of hydrogen-bond acceptors (Lipinski definition) is 6. The maximum Gasteiger partial charge on any atom is 0.225 e. The zero-order valence-corrected chi connectivity index (χ0v) is 18.9. The fourth-order valence-electron chi connectivity index (χ4n) is 3.49. The second kappa shape index (κ2) is 11.0. The van der Waals surface area contributed by atoms with Crippen LogP contribution in [0.25, 0.3) is 6.08 Å². The Morgan fingerprint density at radius 2 is 2.00 bits per heavy atom. The zero-order valence-electron chi connectivity index (χ0n) is 18.9. The third-order valence-electron chi connectivity index (χ3n) is 5.41. The van der Waals surface area contributed by atoms with Crippen LogP contribution < -0.4 is 10.6 Å². The average Bonchev–Trinajstić information content (AvgIpc) is 3.60. The summed E-state index contributed by atoms with van der Waals surface area (Å²) in [6, 6.07) is 15.3. The lowest BCUT2D eigenvalue weighted by atomic mass is 10.0. The fraction of sp³-hybridized carbons (Fsp3) is 0.400. The molecule has 1 aliphatic carbocycles. The van der Waals surface area contributed by atoms with Gasteiger partial charge in [-0.25, -0.2) is 0 Å². The molecule has 32 heavy (non-hydrogen) atoms. The monoisotopic (exact) mass is 433 g/mol. The minimum Gasteiger partial charge on any atom is -0.374 e. The highest BCUT2D eigenvalue weighted by atomic mass is 16.3. The van der Waals surface area contributed by atoms with Gasteiger partial charge in [-0.1, -0.05) is 18.2 Å². The summed E-state index contributed by atoms with van der Waals surface area (Å²) in [7, 11) is 3.87. The molecule has 7 heteroatoms. The molecular weight excluding hydrogens is 402 g/mol. The Hall–Kier alpha value is -3.05. The molecule has 1 amide bonds. The molecule has 2 aromatic rings. The van der Waals surface area contributed by atoms with Crippen LogP contribution in [0.15, 0.2) is 48.0 Å². The van der Waals surface area contributed by atoms with Crippen molar-refractivity contribution in [1.29, 1.82) is 5.26 Å². The third-order valence-corrected chi connectivity index (χ3v) is 5.41. The van der Waals surface area contributed by atoms with E-state index < -0.39 is 6.23 Å². The van der Waals surface area contributed by atoms with Crippen LogP contribution in [0.3, 0.4) is 0 Å². The number of pyridine rings is 1. The standard InChI is InChI=1S/C25H31N5O2/c1-17-5-4-6-22(27-17)15-20(16-26)25(32)29-24(18-7-8-18)19-9-11-21(12-10-19)28-23(31)13-14-30(2)3/h4-6,9-12,15,18,24-25,29,32H,7-8,13-14H2,1-3H3,(H,28,31)/b20-15+. The van der Waals surface area contributed by atoms with Crippen molar-refractivity contribution in [3.63, 3.8) is 0 Å². The largest absolute Gasteiger partial charge is 0.374 e. The van der Waals surface area contributed by atoms with Crippen molar-refractivity contribution in [2.45, 2.75) is 38.5 Å². The van der Waals surface area contributed by atoms with Crippen LogP contribution in [-0.2, 0) is 4.79 Å². The van der Waals surface area contributed by atoms with E-state index in [1.54, 1.807) is 12.1 Å². The summed E-state index contributed by atoms with van der Waals surface area (Å²) >= 11 is 0. The number of nitriles is 1. The van der Waals surface area contributed by atoms with Crippen LogP contribution in [-0.4, -0.2) is 47.8 Å². The van der Waals surface area contributed by atoms with E-state index >= 15 is 0 Å². The van der Waals surface area contributed by atoms with Gasteiger partial charge in [0.15, 0.2) is 0 Å².